The van der Waals surface area contributed by atoms with Crippen molar-refractivity contribution in [3.63, 3.8) is 0 Å². The van der Waals surface area contributed by atoms with Crippen LogP contribution in [0.5, 0.6) is 6.01 Å². The van der Waals surface area contributed by atoms with Crippen LogP contribution in [0.1, 0.15) is 24.8 Å². The maximum absolute atomic E-state index is 14.2. The Morgan fingerprint density at radius 1 is 1.20 bits per heavy atom. The van der Waals surface area contributed by atoms with Crippen molar-refractivity contribution in [3.8, 4) is 23.2 Å². The summed E-state index contributed by atoms with van der Waals surface area (Å²) >= 11 is 0. The molecule has 2 aliphatic rings. The van der Waals surface area contributed by atoms with Gasteiger partial charge in [0.1, 0.15) is 12.4 Å². The number of anilines is 2. The molecule has 240 valence electrons. The van der Waals surface area contributed by atoms with E-state index in [0.29, 0.717) is 11.2 Å². The number of alkyl halides is 3. The van der Waals surface area contributed by atoms with Gasteiger partial charge in [-0.15, -0.1) is 0 Å². The number of hydrogen-bond acceptors (Lipinski definition) is 10. The van der Waals surface area contributed by atoms with Crippen molar-refractivity contribution >= 4 is 39.3 Å². The van der Waals surface area contributed by atoms with E-state index in [9.17, 15) is 27.6 Å². The van der Waals surface area contributed by atoms with Crippen LogP contribution in [0.3, 0.4) is 0 Å². The van der Waals surface area contributed by atoms with E-state index < -0.39 is 29.5 Å². The minimum Gasteiger partial charge on any atom is -0.462 e. The molecule has 2 saturated heterocycles. The van der Waals surface area contributed by atoms with E-state index in [4.69, 9.17) is 20.0 Å². The third kappa shape index (κ3) is 5.76. The fraction of sp³-hybridized carbons (Fsp3) is 0.387. The normalized spacial score (nSPS) is 19.1. The zero-order valence-corrected chi connectivity index (χ0v) is 24.8. The second kappa shape index (κ2) is 12.1. The van der Waals surface area contributed by atoms with Crippen molar-refractivity contribution in [1.82, 2.24) is 24.9 Å². The monoisotopic (exact) mass is 638 g/mol. The van der Waals surface area contributed by atoms with Crippen LogP contribution in [0.15, 0.2) is 47.4 Å². The molecule has 0 aliphatic carbocycles. The van der Waals surface area contributed by atoms with Crippen molar-refractivity contribution in [3.05, 3.63) is 48.4 Å². The molecule has 0 saturated carbocycles. The van der Waals surface area contributed by atoms with Crippen LogP contribution >= 0.6 is 0 Å². The molecule has 2 aromatic carbocycles. The van der Waals surface area contributed by atoms with Gasteiger partial charge in [-0.2, -0.15) is 28.4 Å². The molecule has 0 unspecified atom stereocenters. The summed E-state index contributed by atoms with van der Waals surface area (Å²) in [7, 11) is 1.99. The summed E-state index contributed by atoms with van der Waals surface area (Å²) < 4.78 is 68.1. The van der Waals surface area contributed by atoms with Gasteiger partial charge in [0.25, 0.3) is 5.91 Å². The zero-order chi connectivity index (χ0) is 32.7. The topological polar surface area (TPSA) is 138 Å². The van der Waals surface area contributed by atoms with Gasteiger partial charge in [-0.05, 0) is 61.8 Å². The number of nitrogens with zero attached hydrogens (tertiary/aromatic N) is 7. The number of carbonyl (C=O) groups excluding carboxylic acids is 1. The minimum atomic E-state index is -4.68. The molecule has 11 nitrogen and oxygen atoms in total. The highest BCUT2D eigenvalue weighted by Crippen LogP contribution is 2.44. The number of amides is 1. The number of ether oxygens (including phenoxy) is 1. The number of hydrogen-bond donors (Lipinski definition) is 1. The third-order valence-corrected chi connectivity index (χ3v) is 8.58. The summed E-state index contributed by atoms with van der Waals surface area (Å²) in [6.07, 6.45) is -1.52. The number of rotatable bonds is 7. The molecule has 46 heavy (non-hydrogen) atoms. The number of piperazine rings is 1. The van der Waals surface area contributed by atoms with Crippen LogP contribution in [0, 0.1) is 11.3 Å². The number of likely N-dealkylation sites (tertiary alicyclic amines) is 1. The van der Waals surface area contributed by atoms with Crippen LogP contribution < -0.4 is 15.4 Å². The second-order valence-electron chi connectivity index (χ2n) is 11.5. The number of nitrogen functional groups attached to an aromatic ring is 1. The minimum absolute atomic E-state index is 0.0105. The summed E-state index contributed by atoms with van der Waals surface area (Å²) in [5, 5.41) is 14.0. The lowest BCUT2D eigenvalue weighted by molar-refractivity contribution is -0.137. The van der Waals surface area contributed by atoms with Crippen molar-refractivity contribution in [2.75, 3.05) is 50.5 Å². The second-order valence-corrected chi connectivity index (χ2v) is 11.5. The van der Waals surface area contributed by atoms with Crippen LogP contribution in [-0.4, -0.2) is 82.7 Å². The molecule has 2 aliphatic heterocycles. The van der Waals surface area contributed by atoms with E-state index in [1.54, 1.807) is 4.90 Å². The SMILES string of the molecule is C=C(F)C(=O)N1CCN(c2nc(OC[C@@H]3CCCN3C)nc3cc(-c4cc(N)ccc4C(F)(F)F)c4cnoc4c23)C[C@@H]1CC#N. The fourth-order valence-corrected chi connectivity index (χ4v) is 6.25. The fourth-order valence-electron chi connectivity index (χ4n) is 6.25. The highest BCUT2D eigenvalue weighted by Gasteiger charge is 2.36. The summed E-state index contributed by atoms with van der Waals surface area (Å²) in [6.45, 7) is 4.64. The predicted molar refractivity (Wildman–Crippen MR) is 161 cm³/mol. The average molecular weight is 639 g/mol. The molecule has 0 radical (unpaired) electrons. The standard InChI is InChI=1S/C31H30F4N8O3/c1-17(32)29(44)43-11-10-42(15-19(43)7-8-36)28-26-25(39-30(40-28)45-16-20-4-3-9-41(20)2)13-21(23-14-38-46-27(23)26)22-12-18(37)5-6-24(22)31(33,34)35/h5-6,12-14,19-20H,1,3-4,7,9-11,15-16,37H2,2H3/t19-,20-/m0/s1. The summed E-state index contributed by atoms with van der Waals surface area (Å²) in [6, 6.07) is 6.31. The van der Waals surface area contributed by atoms with Crippen molar-refractivity contribution < 1.29 is 31.6 Å². The molecule has 0 bridgehead atoms. The first kappa shape index (κ1) is 31.0. The van der Waals surface area contributed by atoms with E-state index in [0.717, 1.165) is 25.5 Å². The molecule has 2 aromatic heterocycles. The Bertz CT molecular complexity index is 1870. The van der Waals surface area contributed by atoms with Gasteiger partial charge in [0, 0.05) is 31.4 Å². The molecule has 2 atom stereocenters. The average Bonchev–Trinajstić information content (AvgIpc) is 3.67. The van der Waals surface area contributed by atoms with E-state index in [1.807, 2.05) is 13.1 Å². The Morgan fingerprint density at radius 3 is 2.70 bits per heavy atom. The molecule has 15 heteroatoms. The van der Waals surface area contributed by atoms with Gasteiger partial charge in [-0.25, -0.2) is 4.39 Å². The van der Waals surface area contributed by atoms with Crippen LogP contribution in [0.25, 0.3) is 33.0 Å². The van der Waals surface area contributed by atoms with Gasteiger partial charge in [-0.1, -0.05) is 11.7 Å². The Kier molecular flexibility index (Phi) is 8.15. The lowest BCUT2D eigenvalue weighted by Gasteiger charge is -2.41. The molecular formula is C31H30F4N8O3. The number of benzene rings is 2. The molecular weight excluding hydrogens is 608 g/mol. The molecule has 2 N–H and O–H groups in total. The first-order valence-corrected chi connectivity index (χ1v) is 14.6. The van der Waals surface area contributed by atoms with Crippen molar-refractivity contribution in [2.45, 2.75) is 37.5 Å². The first-order valence-electron chi connectivity index (χ1n) is 14.6. The Labute approximate surface area is 260 Å². The highest BCUT2D eigenvalue weighted by molar-refractivity contribution is 6.14. The lowest BCUT2D eigenvalue weighted by atomic mass is 9.94. The van der Waals surface area contributed by atoms with E-state index in [-0.39, 0.29) is 78.0 Å². The van der Waals surface area contributed by atoms with Crippen molar-refractivity contribution in [2.24, 2.45) is 0 Å². The van der Waals surface area contributed by atoms with Crippen molar-refractivity contribution in [1.29, 1.82) is 5.26 Å². The summed E-state index contributed by atoms with van der Waals surface area (Å²) in [4.78, 5) is 27.1. The molecule has 4 aromatic rings. The molecule has 6 rings (SSSR count). The number of nitriles is 1. The first-order chi connectivity index (χ1) is 22.0. The molecule has 4 heterocycles. The number of halogens is 4. The lowest BCUT2D eigenvalue weighted by Crippen LogP contribution is -2.55. The van der Waals surface area contributed by atoms with E-state index >= 15 is 0 Å². The quantitative estimate of drug-likeness (QED) is 0.169. The molecule has 1 amide bonds. The van der Waals surface area contributed by atoms with Gasteiger partial charge < -0.3 is 29.7 Å². The Balaban J connectivity index is 1.52. The molecule has 2 fully saturated rings. The largest absolute Gasteiger partial charge is 0.462 e. The van der Waals surface area contributed by atoms with E-state index in [2.05, 4.69) is 21.6 Å². The van der Waals surface area contributed by atoms with Crippen LogP contribution in [0.4, 0.5) is 29.1 Å². The third-order valence-electron chi connectivity index (χ3n) is 8.58. The van der Waals surface area contributed by atoms with Crippen LogP contribution in [-0.2, 0) is 11.0 Å². The number of carbonyl (C=O) groups is 1. The predicted octanol–water partition coefficient (Wildman–Crippen LogP) is 4.93. The number of fused-ring (bicyclic) bond motifs is 3. The highest BCUT2D eigenvalue weighted by atomic mass is 19.4. The Hall–Kier alpha value is -4.97. The number of likely N-dealkylation sites (N-methyl/N-ethyl adjacent to an activating group) is 1. The summed E-state index contributed by atoms with van der Waals surface area (Å²) in [5.74, 6) is -1.72. The number of nitrogens with two attached hydrogens (primary N) is 1. The zero-order valence-electron chi connectivity index (χ0n) is 24.8. The number of aromatic nitrogens is 3. The van der Waals surface area contributed by atoms with Gasteiger partial charge in [-0.3, -0.25) is 4.79 Å². The maximum atomic E-state index is 14.2. The van der Waals surface area contributed by atoms with Crippen LogP contribution in [0.2, 0.25) is 0 Å². The Morgan fingerprint density at radius 2 is 2.00 bits per heavy atom. The van der Waals surface area contributed by atoms with Gasteiger partial charge in [0.15, 0.2) is 11.4 Å². The van der Waals surface area contributed by atoms with Gasteiger partial charge in [0.2, 0.25) is 0 Å². The summed E-state index contributed by atoms with van der Waals surface area (Å²) in [5.41, 5.74) is 5.51. The van der Waals surface area contributed by atoms with E-state index in [1.165, 1.54) is 29.3 Å². The smallest absolute Gasteiger partial charge is 0.417 e. The van der Waals surface area contributed by atoms with Gasteiger partial charge in [0.05, 0.1) is 46.6 Å². The maximum Gasteiger partial charge on any atom is 0.417 e. The van der Waals surface area contributed by atoms with Gasteiger partial charge >= 0.3 is 12.2 Å². The molecule has 0 spiro atoms.